The normalized spacial score (nSPS) is 15.4. The van der Waals surface area contributed by atoms with Gasteiger partial charge < -0.3 is 10.3 Å². The van der Waals surface area contributed by atoms with Crippen LogP contribution in [0.25, 0.3) is 0 Å². The van der Waals surface area contributed by atoms with Gasteiger partial charge in [-0.2, -0.15) is 4.98 Å². The van der Waals surface area contributed by atoms with Crippen molar-refractivity contribution in [3.8, 4) is 0 Å². The molecule has 1 aliphatic carbocycles. The molecule has 1 saturated carbocycles. The molecule has 2 N–H and O–H groups in total. The van der Waals surface area contributed by atoms with E-state index in [1.165, 1.54) is 0 Å². The first-order valence-electron chi connectivity index (χ1n) is 5.22. The monoisotopic (exact) mass is 268 g/mol. The Morgan fingerprint density at radius 2 is 2.18 bits per heavy atom. The van der Waals surface area contributed by atoms with Crippen LogP contribution in [0.1, 0.15) is 24.6 Å². The van der Waals surface area contributed by atoms with Crippen LogP contribution >= 0.6 is 12.4 Å². The summed E-state index contributed by atoms with van der Waals surface area (Å²) in [7, 11) is 0. The number of alkyl halides is 2. The van der Waals surface area contributed by atoms with Crippen LogP contribution in [0, 0.1) is 0 Å². The van der Waals surface area contributed by atoms with Gasteiger partial charge in [-0.05, 0) is 12.8 Å². The van der Waals surface area contributed by atoms with Crippen molar-refractivity contribution in [3.05, 3.63) is 11.7 Å². The van der Waals surface area contributed by atoms with Crippen molar-refractivity contribution in [2.45, 2.75) is 38.4 Å². The third-order valence-electron chi connectivity index (χ3n) is 2.47. The first-order chi connectivity index (χ1) is 7.69. The number of nitrogens with two attached hydrogens (primary N) is 1. The van der Waals surface area contributed by atoms with Gasteiger partial charge in [0.25, 0.3) is 6.43 Å². The minimum atomic E-state index is -2.33. The molecule has 1 aliphatic rings. The number of aromatic nitrogens is 2. The summed E-state index contributed by atoms with van der Waals surface area (Å²) in [6.45, 7) is 0.237. The fourth-order valence-corrected chi connectivity index (χ4v) is 1.58. The molecule has 0 aliphatic heterocycles. The van der Waals surface area contributed by atoms with Crippen molar-refractivity contribution < 1.29 is 13.3 Å². The van der Waals surface area contributed by atoms with E-state index in [9.17, 15) is 8.78 Å². The lowest BCUT2D eigenvalue weighted by molar-refractivity contribution is 0.0788. The Kier molecular flexibility index (Phi) is 5.23. The molecular weight excluding hydrogens is 254 g/mol. The molecule has 1 fully saturated rings. The van der Waals surface area contributed by atoms with Crippen LogP contribution in [0.3, 0.4) is 0 Å². The second kappa shape index (κ2) is 6.23. The number of nitrogens with zero attached hydrogens (tertiary/aromatic N) is 3. The maximum Gasteiger partial charge on any atom is 0.251 e. The molecule has 0 spiro atoms. The summed E-state index contributed by atoms with van der Waals surface area (Å²) in [5.74, 6) is 0.760. The molecular formula is C9H15ClF2N4O. The maximum absolute atomic E-state index is 12.3. The zero-order valence-corrected chi connectivity index (χ0v) is 10.00. The van der Waals surface area contributed by atoms with Crippen LogP contribution in [0.2, 0.25) is 0 Å². The molecule has 0 radical (unpaired) electrons. The quantitative estimate of drug-likeness (QED) is 0.839. The van der Waals surface area contributed by atoms with Gasteiger partial charge in [-0.1, -0.05) is 5.16 Å². The molecule has 0 unspecified atom stereocenters. The van der Waals surface area contributed by atoms with Crippen molar-refractivity contribution in [2.24, 2.45) is 5.73 Å². The van der Waals surface area contributed by atoms with E-state index in [4.69, 9.17) is 10.3 Å². The first-order valence-corrected chi connectivity index (χ1v) is 5.22. The second-order valence-electron chi connectivity index (χ2n) is 3.86. The summed E-state index contributed by atoms with van der Waals surface area (Å²) in [5, 5.41) is 3.69. The van der Waals surface area contributed by atoms with Crippen LogP contribution in [0.5, 0.6) is 0 Å². The molecule has 98 valence electrons. The predicted octanol–water partition coefficient (Wildman–Crippen LogP) is 1.18. The lowest BCUT2D eigenvalue weighted by Crippen LogP contribution is -2.31. The number of halogens is 3. The highest BCUT2D eigenvalue weighted by Crippen LogP contribution is 2.28. The van der Waals surface area contributed by atoms with Crippen LogP contribution in [-0.2, 0) is 13.1 Å². The summed E-state index contributed by atoms with van der Waals surface area (Å²) in [4.78, 5) is 5.69. The first kappa shape index (κ1) is 14.3. The highest BCUT2D eigenvalue weighted by atomic mass is 35.5. The van der Waals surface area contributed by atoms with Crippen molar-refractivity contribution in [3.63, 3.8) is 0 Å². The number of hydrogen-bond acceptors (Lipinski definition) is 5. The Labute approximate surface area is 104 Å². The summed E-state index contributed by atoms with van der Waals surface area (Å²) < 4.78 is 29.5. The molecule has 8 heteroatoms. The van der Waals surface area contributed by atoms with Gasteiger partial charge >= 0.3 is 0 Å². The zero-order valence-electron chi connectivity index (χ0n) is 9.18. The minimum absolute atomic E-state index is 0. The van der Waals surface area contributed by atoms with Crippen LogP contribution in [-0.4, -0.2) is 34.1 Å². The molecule has 5 nitrogen and oxygen atoms in total. The summed E-state index contributed by atoms with van der Waals surface area (Å²) in [5.41, 5.74) is 5.32. The Hall–Kier alpha value is -0.790. The fraction of sp³-hybridized carbons (Fsp3) is 0.778. The third kappa shape index (κ3) is 4.18. The lowest BCUT2D eigenvalue weighted by Gasteiger charge is -2.18. The van der Waals surface area contributed by atoms with Crippen molar-refractivity contribution in [1.82, 2.24) is 15.0 Å². The van der Waals surface area contributed by atoms with Gasteiger partial charge in [0.2, 0.25) is 5.89 Å². The molecule has 1 aromatic rings. The predicted molar refractivity (Wildman–Crippen MR) is 58.9 cm³/mol. The highest BCUT2D eigenvalue weighted by molar-refractivity contribution is 5.85. The average molecular weight is 269 g/mol. The van der Waals surface area contributed by atoms with E-state index in [2.05, 4.69) is 10.1 Å². The van der Waals surface area contributed by atoms with Gasteiger partial charge in [-0.15, -0.1) is 12.4 Å². The van der Waals surface area contributed by atoms with Crippen LogP contribution in [0.4, 0.5) is 8.78 Å². The van der Waals surface area contributed by atoms with Crippen molar-refractivity contribution in [1.29, 1.82) is 0 Å². The summed E-state index contributed by atoms with van der Waals surface area (Å²) in [6.07, 6.45) is -0.399. The molecule has 0 atom stereocenters. The zero-order chi connectivity index (χ0) is 11.5. The Balaban J connectivity index is 0.00000144. The van der Waals surface area contributed by atoms with Gasteiger partial charge in [0.15, 0.2) is 5.82 Å². The van der Waals surface area contributed by atoms with E-state index in [-0.39, 0.29) is 31.5 Å². The van der Waals surface area contributed by atoms with E-state index < -0.39 is 6.43 Å². The fourth-order valence-electron chi connectivity index (χ4n) is 1.58. The molecule has 0 aromatic carbocycles. The third-order valence-corrected chi connectivity index (χ3v) is 2.47. The van der Waals surface area contributed by atoms with E-state index in [1.807, 2.05) is 0 Å². The lowest BCUT2D eigenvalue weighted by atomic mass is 10.4. The highest BCUT2D eigenvalue weighted by Gasteiger charge is 2.31. The SMILES string of the molecule is Cl.NCc1nc(CN(CC(F)F)C2CC2)no1. The molecule has 0 bridgehead atoms. The molecule has 17 heavy (non-hydrogen) atoms. The van der Waals surface area contributed by atoms with E-state index >= 15 is 0 Å². The summed E-state index contributed by atoms with van der Waals surface area (Å²) in [6, 6.07) is 0.244. The largest absolute Gasteiger partial charge is 0.338 e. The van der Waals surface area contributed by atoms with Gasteiger partial charge in [-0.3, -0.25) is 4.90 Å². The molecule has 0 amide bonds. The standard InChI is InChI=1S/C9H14F2N4O.ClH/c10-7(11)4-15(6-1-2-6)5-8-13-9(3-12)16-14-8;/h6-7H,1-5,12H2;1H. The van der Waals surface area contributed by atoms with Crippen LogP contribution in [0.15, 0.2) is 4.52 Å². The molecule has 0 saturated heterocycles. The summed E-state index contributed by atoms with van der Waals surface area (Å²) >= 11 is 0. The Morgan fingerprint density at radius 1 is 1.47 bits per heavy atom. The van der Waals surface area contributed by atoms with Crippen LogP contribution < -0.4 is 5.73 Å². The average Bonchev–Trinajstić information content (AvgIpc) is 2.98. The number of hydrogen-bond donors (Lipinski definition) is 1. The van der Waals surface area contributed by atoms with Crippen molar-refractivity contribution in [2.75, 3.05) is 6.54 Å². The molecule has 2 rings (SSSR count). The van der Waals surface area contributed by atoms with Gasteiger partial charge in [0.05, 0.1) is 19.6 Å². The topological polar surface area (TPSA) is 68.2 Å². The van der Waals surface area contributed by atoms with E-state index in [1.54, 1.807) is 4.90 Å². The van der Waals surface area contributed by atoms with Gasteiger partial charge in [-0.25, -0.2) is 8.78 Å². The van der Waals surface area contributed by atoms with Crippen molar-refractivity contribution >= 4 is 12.4 Å². The molecule has 1 heterocycles. The Bertz CT molecular complexity index is 345. The van der Waals surface area contributed by atoms with Gasteiger partial charge in [0.1, 0.15) is 0 Å². The second-order valence-corrected chi connectivity index (χ2v) is 3.86. The number of rotatable bonds is 6. The molecule has 1 aromatic heterocycles. The Morgan fingerprint density at radius 3 is 2.65 bits per heavy atom. The van der Waals surface area contributed by atoms with E-state index in [0.29, 0.717) is 18.3 Å². The minimum Gasteiger partial charge on any atom is -0.338 e. The van der Waals surface area contributed by atoms with E-state index in [0.717, 1.165) is 12.8 Å². The van der Waals surface area contributed by atoms with Gasteiger partial charge in [0, 0.05) is 6.04 Å². The maximum atomic E-state index is 12.3. The smallest absolute Gasteiger partial charge is 0.251 e.